The predicted molar refractivity (Wildman–Crippen MR) is 109 cm³/mol. The molecule has 3 aromatic carbocycles. The first-order valence-electron chi connectivity index (χ1n) is 9.02. The Bertz CT molecular complexity index is 920. The molecule has 2 amide bonds. The summed E-state index contributed by atoms with van der Waals surface area (Å²) in [7, 11) is 0. The van der Waals surface area contributed by atoms with Gasteiger partial charge in [-0.3, -0.25) is 9.59 Å². The fourth-order valence-corrected chi connectivity index (χ4v) is 2.58. The van der Waals surface area contributed by atoms with Gasteiger partial charge < -0.3 is 15.4 Å². The first-order valence-corrected chi connectivity index (χ1v) is 9.02. The summed E-state index contributed by atoms with van der Waals surface area (Å²) in [5, 5.41) is 5.59. The van der Waals surface area contributed by atoms with Crippen LogP contribution >= 0.6 is 0 Å². The van der Waals surface area contributed by atoms with Crippen molar-refractivity contribution in [3.63, 3.8) is 0 Å². The second-order valence-electron chi connectivity index (χ2n) is 6.36. The first kappa shape index (κ1) is 19.2. The molecule has 0 aromatic heterocycles. The molecule has 0 radical (unpaired) electrons. The van der Waals surface area contributed by atoms with E-state index in [2.05, 4.69) is 10.6 Å². The quantitative estimate of drug-likeness (QED) is 0.653. The molecule has 142 valence electrons. The molecule has 3 rings (SSSR count). The van der Waals surface area contributed by atoms with E-state index < -0.39 is 0 Å². The summed E-state index contributed by atoms with van der Waals surface area (Å²) in [5.74, 6) is 0.464. The number of ether oxygens (including phenoxy) is 1. The zero-order chi connectivity index (χ0) is 19.8. The molecule has 5 nitrogen and oxygen atoms in total. The van der Waals surface area contributed by atoms with E-state index in [1.54, 1.807) is 12.1 Å². The molecule has 0 spiro atoms. The maximum absolute atomic E-state index is 12.4. The van der Waals surface area contributed by atoms with Crippen molar-refractivity contribution >= 4 is 17.5 Å². The van der Waals surface area contributed by atoms with Crippen molar-refractivity contribution in [2.75, 3.05) is 5.32 Å². The second-order valence-corrected chi connectivity index (χ2v) is 6.36. The lowest BCUT2D eigenvalue weighted by molar-refractivity contribution is -0.119. The lowest BCUT2D eigenvalue weighted by atomic mass is 10.1. The van der Waals surface area contributed by atoms with Crippen molar-refractivity contribution in [3.05, 3.63) is 95.6 Å². The molecule has 0 aliphatic heterocycles. The van der Waals surface area contributed by atoms with Crippen LogP contribution in [0.1, 0.15) is 28.4 Å². The predicted octanol–water partition coefficient (Wildman–Crippen LogP) is 4.15. The van der Waals surface area contributed by atoms with Crippen molar-refractivity contribution in [1.29, 1.82) is 0 Å². The SMILES string of the molecule is CC(=O)NCc1ccc(C(=O)Nc2ccc(OCc3ccccc3)cc2)cc1. The third-order valence-electron chi connectivity index (χ3n) is 4.12. The van der Waals surface area contributed by atoms with Gasteiger partial charge in [-0.1, -0.05) is 42.5 Å². The number of nitrogens with one attached hydrogen (secondary N) is 2. The van der Waals surface area contributed by atoms with E-state index >= 15 is 0 Å². The third kappa shape index (κ3) is 5.71. The highest BCUT2D eigenvalue weighted by atomic mass is 16.5. The minimum absolute atomic E-state index is 0.0852. The Morgan fingerprint density at radius 1 is 0.821 bits per heavy atom. The molecule has 0 fully saturated rings. The fraction of sp³-hybridized carbons (Fsp3) is 0.130. The van der Waals surface area contributed by atoms with Gasteiger partial charge in [0.1, 0.15) is 12.4 Å². The Morgan fingerprint density at radius 3 is 2.14 bits per heavy atom. The van der Waals surface area contributed by atoms with E-state index in [1.807, 2.05) is 66.7 Å². The Labute approximate surface area is 164 Å². The minimum Gasteiger partial charge on any atom is -0.489 e. The second kappa shape index (κ2) is 9.37. The number of rotatable bonds is 7. The molecule has 28 heavy (non-hydrogen) atoms. The number of hydrogen-bond donors (Lipinski definition) is 2. The van der Waals surface area contributed by atoms with Crippen molar-refractivity contribution in [3.8, 4) is 5.75 Å². The molecule has 0 aliphatic carbocycles. The van der Waals surface area contributed by atoms with E-state index in [-0.39, 0.29) is 11.8 Å². The largest absolute Gasteiger partial charge is 0.489 e. The number of anilines is 1. The maximum Gasteiger partial charge on any atom is 0.255 e. The number of hydrogen-bond acceptors (Lipinski definition) is 3. The van der Waals surface area contributed by atoms with Gasteiger partial charge in [0, 0.05) is 24.7 Å². The van der Waals surface area contributed by atoms with Crippen LogP contribution in [-0.2, 0) is 17.9 Å². The summed E-state index contributed by atoms with van der Waals surface area (Å²) >= 11 is 0. The molecule has 0 unspecified atom stereocenters. The summed E-state index contributed by atoms with van der Waals surface area (Å²) in [6.07, 6.45) is 0. The Hall–Kier alpha value is -3.60. The maximum atomic E-state index is 12.4. The standard InChI is InChI=1S/C23H22N2O3/c1-17(26)24-15-18-7-9-20(10-8-18)23(27)25-21-11-13-22(14-12-21)28-16-19-5-3-2-4-6-19/h2-14H,15-16H2,1H3,(H,24,26)(H,25,27). The molecule has 3 aromatic rings. The highest BCUT2D eigenvalue weighted by molar-refractivity contribution is 6.04. The number of carbonyl (C=O) groups excluding carboxylic acids is 2. The Kier molecular flexibility index (Phi) is 6.41. The lowest BCUT2D eigenvalue weighted by Crippen LogP contribution is -2.19. The zero-order valence-electron chi connectivity index (χ0n) is 15.6. The van der Waals surface area contributed by atoms with Crippen LogP contribution in [0.15, 0.2) is 78.9 Å². The van der Waals surface area contributed by atoms with Crippen LogP contribution in [0.4, 0.5) is 5.69 Å². The third-order valence-corrected chi connectivity index (χ3v) is 4.12. The van der Waals surface area contributed by atoms with Gasteiger partial charge >= 0.3 is 0 Å². The van der Waals surface area contributed by atoms with Gasteiger partial charge in [0.05, 0.1) is 0 Å². The number of carbonyl (C=O) groups is 2. The summed E-state index contributed by atoms with van der Waals surface area (Å²) in [5.41, 5.74) is 3.28. The van der Waals surface area contributed by atoms with Gasteiger partial charge in [-0.05, 0) is 47.5 Å². The molecule has 0 saturated heterocycles. The highest BCUT2D eigenvalue weighted by Crippen LogP contribution is 2.18. The van der Waals surface area contributed by atoms with Crippen molar-refractivity contribution in [1.82, 2.24) is 5.32 Å². The van der Waals surface area contributed by atoms with Gasteiger partial charge in [-0.2, -0.15) is 0 Å². The average molecular weight is 374 g/mol. The van der Waals surface area contributed by atoms with E-state index in [9.17, 15) is 9.59 Å². The van der Waals surface area contributed by atoms with Crippen molar-refractivity contribution < 1.29 is 14.3 Å². The normalized spacial score (nSPS) is 10.2. The molecule has 0 heterocycles. The van der Waals surface area contributed by atoms with Crippen molar-refractivity contribution in [2.45, 2.75) is 20.1 Å². The fourth-order valence-electron chi connectivity index (χ4n) is 2.58. The number of benzene rings is 3. The summed E-state index contributed by atoms with van der Waals surface area (Å²) in [6.45, 7) is 2.42. The zero-order valence-corrected chi connectivity index (χ0v) is 15.6. The van der Waals surface area contributed by atoms with Gasteiger partial charge in [0.15, 0.2) is 0 Å². The monoisotopic (exact) mass is 374 g/mol. The van der Waals surface area contributed by atoms with Crippen LogP contribution in [0.25, 0.3) is 0 Å². The van der Waals surface area contributed by atoms with Crippen LogP contribution in [0.3, 0.4) is 0 Å². The summed E-state index contributed by atoms with van der Waals surface area (Å²) in [6, 6.07) is 24.3. The molecular weight excluding hydrogens is 352 g/mol. The van der Waals surface area contributed by atoms with Gasteiger partial charge in [-0.25, -0.2) is 0 Å². The topological polar surface area (TPSA) is 67.4 Å². The molecule has 0 bridgehead atoms. The van der Waals surface area contributed by atoms with Crippen LogP contribution in [0.5, 0.6) is 5.75 Å². The van der Waals surface area contributed by atoms with Gasteiger partial charge in [-0.15, -0.1) is 0 Å². The van der Waals surface area contributed by atoms with E-state index in [0.29, 0.717) is 24.4 Å². The molecule has 5 heteroatoms. The highest BCUT2D eigenvalue weighted by Gasteiger charge is 2.06. The van der Waals surface area contributed by atoms with E-state index in [4.69, 9.17) is 4.74 Å². The molecule has 2 N–H and O–H groups in total. The molecule has 0 saturated carbocycles. The van der Waals surface area contributed by atoms with Crippen LogP contribution in [-0.4, -0.2) is 11.8 Å². The smallest absolute Gasteiger partial charge is 0.255 e. The number of amides is 2. The molecule has 0 aliphatic rings. The average Bonchev–Trinajstić information content (AvgIpc) is 2.73. The van der Waals surface area contributed by atoms with E-state index in [1.165, 1.54) is 6.92 Å². The van der Waals surface area contributed by atoms with Crippen LogP contribution < -0.4 is 15.4 Å². The van der Waals surface area contributed by atoms with Gasteiger partial charge in [0.25, 0.3) is 5.91 Å². The van der Waals surface area contributed by atoms with Crippen LogP contribution in [0.2, 0.25) is 0 Å². The van der Waals surface area contributed by atoms with Gasteiger partial charge in [0.2, 0.25) is 5.91 Å². The Morgan fingerprint density at radius 2 is 1.50 bits per heavy atom. The summed E-state index contributed by atoms with van der Waals surface area (Å²) < 4.78 is 5.75. The van der Waals surface area contributed by atoms with Crippen LogP contribution in [0, 0.1) is 0 Å². The molecule has 0 atom stereocenters. The molecular formula is C23H22N2O3. The minimum atomic E-state index is -0.191. The van der Waals surface area contributed by atoms with Crippen molar-refractivity contribution in [2.24, 2.45) is 0 Å². The Balaban J connectivity index is 1.53. The summed E-state index contributed by atoms with van der Waals surface area (Å²) in [4.78, 5) is 23.3. The lowest BCUT2D eigenvalue weighted by Gasteiger charge is -2.09. The van der Waals surface area contributed by atoms with E-state index in [0.717, 1.165) is 16.9 Å². The first-order chi connectivity index (χ1) is 13.6.